The van der Waals surface area contributed by atoms with Crippen molar-refractivity contribution in [3.8, 4) is 0 Å². The molecule has 0 spiro atoms. The molecule has 0 saturated carbocycles. The molecule has 84 valence electrons. The Morgan fingerprint density at radius 1 is 0.812 bits per heavy atom. The van der Waals surface area contributed by atoms with Crippen molar-refractivity contribution in [1.82, 2.24) is 0 Å². The van der Waals surface area contributed by atoms with Crippen molar-refractivity contribution >= 4 is 14.0 Å². The average molecular weight is 296 g/mol. The summed E-state index contributed by atoms with van der Waals surface area (Å²) >= 11 is 0. The van der Waals surface area contributed by atoms with Crippen molar-refractivity contribution in [1.29, 1.82) is 0 Å². The molecule has 0 saturated heterocycles. The Kier molecular flexibility index (Phi) is 13.1. The van der Waals surface area contributed by atoms with E-state index in [4.69, 9.17) is 0 Å². The molecule has 0 bridgehead atoms. The summed E-state index contributed by atoms with van der Waals surface area (Å²) in [6.07, 6.45) is 0. The van der Waals surface area contributed by atoms with E-state index in [1.165, 1.54) is 0 Å². The monoisotopic (exact) mass is 296 g/mol. The van der Waals surface area contributed by atoms with Crippen LogP contribution in [-0.2, 0) is 0 Å². The molecule has 0 atom stereocenters. The van der Waals surface area contributed by atoms with Crippen LogP contribution in [0.3, 0.4) is 0 Å². The van der Waals surface area contributed by atoms with Gasteiger partial charge in [-0.25, -0.2) is 0 Å². The summed E-state index contributed by atoms with van der Waals surface area (Å²) in [6, 6.07) is 0. The van der Waals surface area contributed by atoms with Crippen molar-refractivity contribution in [3.05, 3.63) is 10.9 Å². The molecule has 0 radical (unpaired) electrons. The predicted molar refractivity (Wildman–Crippen MR) is 45.7 cm³/mol. The van der Waals surface area contributed by atoms with E-state index in [1.807, 2.05) is 0 Å². The number of hydrogen-bond acceptors (Lipinski definition) is 0. The van der Waals surface area contributed by atoms with Gasteiger partial charge in [0.15, 0.2) is 0 Å². The van der Waals surface area contributed by atoms with E-state index in [1.54, 1.807) is 0 Å². The molecule has 0 aromatic rings. The Bertz CT molecular complexity index is 244. The van der Waals surface area contributed by atoms with Gasteiger partial charge < -0.3 is 25.9 Å². The zero-order valence-corrected chi connectivity index (χ0v) is 16.2. The van der Waals surface area contributed by atoms with Crippen molar-refractivity contribution in [2.45, 2.75) is 20.8 Å². The second kappa shape index (κ2) is 8.81. The molecule has 10 heteroatoms. The number of rotatable bonds is 3. The molecule has 16 heavy (non-hydrogen) atoms. The van der Waals surface area contributed by atoms with Gasteiger partial charge >= 0.3 is 117 Å². The first kappa shape index (κ1) is 23.8. The maximum absolute atomic E-state index is 12.3. The van der Waals surface area contributed by atoms with Crippen molar-refractivity contribution < 1.29 is 129 Å². The zero-order chi connectivity index (χ0) is 11.7. The summed E-state index contributed by atoms with van der Waals surface area (Å²) < 4.78 is 73.1. The Morgan fingerprint density at radius 2 is 1.12 bits per heavy atom. The third kappa shape index (κ3) is 8.01. The minimum atomic E-state index is -5.56. The van der Waals surface area contributed by atoms with E-state index in [0.29, 0.717) is 6.92 Å². The minimum absolute atomic E-state index is 0. The van der Waals surface area contributed by atoms with Crippen LogP contribution < -0.4 is 103 Å². The molecule has 0 rings (SSSR count). The molecule has 0 unspecified atom stereocenters. The Hall–Kier alpha value is 2.72. The second-order valence-electron chi connectivity index (χ2n) is 3.44. The summed E-state index contributed by atoms with van der Waals surface area (Å²) in [4.78, 5) is 0. The van der Waals surface area contributed by atoms with Crippen LogP contribution in [-0.4, -0.2) is 14.0 Å². The molecule has 0 amide bonds. The van der Waals surface area contributed by atoms with Crippen LogP contribution in [0.4, 0.5) is 25.9 Å². The molecule has 0 aromatic heterocycles. The van der Waals surface area contributed by atoms with Gasteiger partial charge in [-0.3, -0.25) is 0 Å². The van der Waals surface area contributed by atoms with Crippen LogP contribution in [0.5, 0.6) is 0 Å². The van der Waals surface area contributed by atoms with Gasteiger partial charge in [0.05, 0.1) is 0 Å². The molecule has 0 nitrogen and oxygen atoms in total. The molecule has 0 N–H and O–H groups in total. The van der Waals surface area contributed by atoms with E-state index in [-0.39, 0.29) is 103 Å². The normalized spacial score (nSPS) is 13.9. The standard InChI is InChI=1S/C6H10B2F6.2K/c1-4(2)6(8(12,13)14)5(3)7(9,10)11;;/h4H,1-3H3;;/q-2;2*+1/b6-5-;;. The molecule has 0 aliphatic rings. The summed E-state index contributed by atoms with van der Waals surface area (Å²) in [5.41, 5.74) is -2.90. The predicted octanol–water partition coefficient (Wildman–Crippen LogP) is -2.26. The van der Waals surface area contributed by atoms with Gasteiger partial charge in [0, 0.05) is 0 Å². The largest absolute Gasteiger partial charge is 1.00 e. The van der Waals surface area contributed by atoms with Gasteiger partial charge in [-0.15, -0.1) is 0 Å². The average Bonchev–Trinajstić information content (AvgIpc) is 1.79. The fraction of sp³-hybridized carbons (Fsp3) is 0.667. The maximum atomic E-state index is 12.3. The molecule has 0 aliphatic carbocycles. The Morgan fingerprint density at radius 3 is 1.19 bits per heavy atom. The fourth-order valence-electron chi connectivity index (χ4n) is 1.28. The molecule has 0 aliphatic heterocycles. The number of hydrogen-bond donors (Lipinski definition) is 0. The van der Waals surface area contributed by atoms with Crippen LogP contribution in [0.15, 0.2) is 10.9 Å². The second-order valence-corrected chi connectivity index (χ2v) is 3.44. The van der Waals surface area contributed by atoms with Gasteiger partial charge in [0.1, 0.15) is 0 Å². The van der Waals surface area contributed by atoms with Crippen molar-refractivity contribution in [2.75, 3.05) is 0 Å². The van der Waals surface area contributed by atoms with E-state index in [2.05, 4.69) is 0 Å². The van der Waals surface area contributed by atoms with Gasteiger partial charge in [-0.05, 0) is 0 Å². The molecular weight excluding hydrogens is 286 g/mol. The van der Waals surface area contributed by atoms with Gasteiger partial charge in [0.2, 0.25) is 0 Å². The first-order valence-corrected chi connectivity index (χ1v) is 4.08. The zero-order valence-electron chi connectivity index (χ0n) is 10.00. The summed E-state index contributed by atoms with van der Waals surface area (Å²) in [5.74, 6) is -1.15. The quantitative estimate of drug-likeness (QED) is 0.407. The topological polar surface area (TPSA) is 0 Å². The third-order valence-corrected chi connectivity index (χ3v) is 1.92. The van der Waals surface area contributed by atoms with Crippen LogP contribution >= 0.6 is 0 Å². The minimum Gasteiger partial charge on any atom is -0.445 e. The first-order valence-electron chi connectivity index (χ1n) is 4.08. The smallest absolute Gasteiger partial charge is 0.445 e. The Balaban J connectivity index is -0.000000845. The van der Waals surface area contributed by atoms with Crippen molar-refractivity contribution in [3.63, 3.8) is 0 Å². The van der Waals surface area contributed by atoms with E-state index >= 15 is 0 Å². The van der Waals surface area contributed by atoms with Crippen molar-refractivity contribution in [2.24, 2.45) is 5.92 Å². The number of allylic oxidation sites excluding steroid dienone is 2. The summed E-state index contributed by atoms with van der Waals surface area (Å²) in [5, 5.41) is 0. The van der Waals surface area contributed by atoms with E-state index in [0.717, 1.165) is 13.8 Å². The van der Waals surface area contributed by atoms with Crippen LogP contribution in [0.1, 0.15) is 20.8 Å². The van der Waals surface area contributed by atoms with Gasteiger partial charge in [-0.1, -0.05) is 26.7 Å². The SMILES string of the molecule is C/C(=C(\C(C)C)[B-](F)(F)F)[B-](F)(F)F.[K+].[K+]. The first-order chi connectivity index (χ1) is 5.98. The van der Waals surface area contributed by atoms with Gasteiger partial charge in [-0.2, -0.15) is 10.9 Å². The van der Waals surface area contributed by atoms with E-state index in [9.17, 15) is 25.9 Å². The Labute approximate surface area is 176 Å². The molecular formula is C6H10B2F6K2. The third-order valence-electron chi connectivity index (χ3n) is 1.92. The number of halogens is 6. The fourth-order valence-corrected chi connectivity index (χ4v) is 1.28. The van der Waals surface area contributed by atoms with E-state index < -0.39 is 30.8 Å². The molecule has 0 aromatic carbocycles. The van der Waals surface area contributed by atoms with Crippen LogP contribution in [0.25, 0.3) is 0 Å². The maximum Gasteiger partial charge on any atom is 1.00 e. The van der Waals surface area contributed by atoms with Crippen LogP contribution in [0, 0.1) is 5.92 Å². The molecule has 0 heterocycles. The van der Waals surface area contributed by atoms with Gasteiger partial charge in [0.25, 0.3) is 0 Å². The summed E-state index contributed by atoms with van der Waals surface area (Å²) in [6.45, 7) is -8.39. The summed E-state index contributed by atoms with van der Waals surface area (Å²) in [7, 11) is 0. The van der Waals surface area contributed by atoms with Crippen LogP contribution in [0.2, 0.25) is 0 Å². The molecule has 0 fully saturated rings.